The van der Waals surface area contributed by atoms with E-state index in [1.54, 1.807) is 39.9 Å². The molecule has 7 nitrogen and oxygen atoms in total. The summed E-state index contributed by atoms with van der Waals surface area (Å²) in [5.41, 5.74) is 3.60. The third-order valence-electron chi connectivity index (χ3n) is 7.14. The maximum atomic E-state index is 13.9. The van der Waals surface area contributed by atoms with E-state index in [1.165, 1.54) is 12.1 Å². The molecule has 1 unspecified atom stereocenters. The Balaban J connectivity index is 1.67. The second-order valence-corrected chi connectivity index (χ2v) is 12.5. The number of amides is 2. The normalized spacial score (nSPS) is 15.0. The van der Waals surface area contributed by atoms with Gasteiger partial charge < -0.3 is 15.0 Å². The topological polar surface area (TPSA) is 76.5 Å². The van der Waals surface area contributed by atoms with Crippen LogP contribution in [0.2, 0.25) is 10.0 Å². The number of rotatable bonds is 5. The zero-order chi connectivity index (χ0) is 31.6. The average Bonchev–Trinajstić information content (AvgIpc) is 3.24. The first-order valence-electron chi connectivity index (χ1n) is 14.3. The minimum Gasteiger partial charge on any atom is -0.444 e. The molecule has 0 aliphatic carbocycles. The molecule has 2 amide bonds. The lowest BCUT2D eigenvalue weighted by Crippen LogP contribution is -2.38. The summed E-state index contributed by atoms with van der Waals surface area (Å²) in [5.74, 6) is -0.734. The molecule has 1 aliphatic heterocycles. The van der Waals surface area contributed by atoms with E-state index in [2.05, 4.69) is 5.32 Å². The molecule has 3 aromatic carbocycles. The van der Waals surface area contributed by atoms with Crippen LogP contribution < -0.4 is 5.32 Å². The predicted molar refractivity (Wildman–Crippen MR) is 172 cm³/mol. The second kappa shape index (κ2) is 12.8. The van der Waals surface area contributed by atoms with Crippen molar-refractivity contribution in [3.05, 3.63) is 117 Å². The molecular weight excluding hydrogens is 602 g/mol. The Labute approximate surface area is 266 Å². The monoisotopic (exact) mass is 634 g/mol. The number of carbonyl (C=O) groups is 2. The minimum atomic E-state index is -0.705. The first-order valence-corrected chi connectivity index (χ1v) is 15.0. The van der Waals surface area contributed by atoms with Gasteiger partial charge in [0, 0.05) is 17.1 Å². The molecule has 0 fully saturated rings. The number of halogens is 3. The van der Waals surface area contributed by atoms with Gasteiger partial charge in [-0.2, -0.15) is 5.10 Å². The summed E-state index contributed by atoms with van der Waals surface area (Å²) < 4.78 is 21.2. The lowest BCUT2D eigenvalue weighted by Gasteiger charge is -2.27. The summed E-state index contributed by atoms with van der Waals surface area (Å²) in [6.45, 7) is 7.76. The van der Waals surface area contributed by atoms with Crippen molar-refractivity contribution in [1.82, 2.24) is 20.0 Å². The number of aromatic nitrogens is 2. The van der Waals surface area contributed by atoms with E-state index in [0.717, 1.165) is 5.56 Å². The van der Waals surface area contributed by atoms with E-state index in [-0.39, 0.29) is 36.5 Å². The van der Waals surface area contributed by atoms with Gasteiger partial charge in [-0.1, -0.05) is 65.7 Å². The third-order valence-corrected chi connectivity index (χ3v) is 7.68. The number of nitrogens with one attached hydrogen (secondary N) is 1. The largest absolute Gasteiger partial charge is 0.444 e. The molecule has 0 radical (unpaired) electrons. The highest BCUT2D eigenvalue weighted by Gasteiger charge is 2.33. The number of hydrogen-bond acceptors (Lipinski definition) is 4. The summed E-state index contributed by atoms with van der Waals surface area (Å²) in [7, 11) is 0. The summed E-state index contributed by atoms with van der Waals surface area (Å²) in [6.07, 6.45) is 1.70. The average molecular weight is 636 g/mol. The van der Waals surface area contributed by atoms with Crippen LogP contribution in [0, 0.1) is 5.82 Å². The quantitative estimate of drug-likeness (QED) is 0.240. The molecule has 44 heavy (non-hydrogen) atoms. The SMILES string of the molecule is CC(NC(=O)c1nn(-c2ccc(Cl)cc2Cl)c2c1CCN(C(=O)OC(C)(C)C)C/C2=C\c1ccc(F)cc1)c1ccccc1. The molecule has 1 aromatic heterocycles. The van der Waals surface area contributed by atoms with Crippen molar-refractivity contribution < 1.29 is 18.7 Å². The first kappa shape index (κ1) is 31.3. The van der Waals surface area contributed by atoms with Crippen molar-refractivity contribution in [2.24, 2.45) is 0 Å². The second-order valence-electron chi connectivity index (χ2n) is 11.7. The third kappa shape index (κ3) is 7.14. The number of fused-ring (bicyclic) bond motifs is 1. The number of carbonyl (C=O) groups excluding carboxylic acids is 2. The Morgan fingerprint density at radius 1 is 1.05 bits per heavy atom. The van der Waals surface area contributed by atoms with Gasteiger partial charge in [-0.25, -0.2) is 13.9 Å². The van der Waals surface area contributed by atoms with Crippen molar-refractivity contribution in [2.75, 3.05) is 13.1 Å². The zero-order valence-corrected chi connectivity index (χ0v) is 26.4. The van der Waals surface area contributed by atoms with Gasteiger partial charge in [0.25, 0.3) is 5.91 Å². The highest BCUT2D eigenvalue weighted by molar-refractivity contribution is 6.35. The van der Waals surface area contributed by atoms with E-state index < -0.39 is 11.7 Å². The molecule has 228 valence electrons. The van der Waals surface area contributed by atoms with Crippen molar-refractivity contribution >= 4 is 46.9 Å². The van der Waals surface area contributed by atoms with Crippen LogP contribution in [0.15, 0.2) is 72.8 Å². The van der Waals surface area contributed by atoms with Crippen molar-refractivity contribution in [1.29, 1.82) is 0 Å². The van der Waals surface area contributed by atoms with Crippen LogP contribution in [-0.4, -0.2) is 45.4 Å². The Kier molecular flexibility index (Phi) is 9.13. The van der Waals surface area contributed by atoms with Crippen LogP contribution in [0.3, 0.4) is 0 Å². The predicted octanol–water partition coefficient (Wildman–Crippen LogP) is 8.14. The molecule has 5 rings (SSSR count). The molecule has 0 saturated heterocycles. The number of benzene rings is 3. The van der Waals surface area contributed by atoms with E-state index in [4.69, 9.17) is 33.0 Å². The summed E-state index contributed by atoms with van der Waals surface area (Å²) in [4.78, 5) is 28.8. The van der Waals surface area contributed by atoms with Crippen LogP contribution >= 0.6 is 23.2 Å². The maximum Gasteiger partial charge on any atom is 0.410 e. The fourth-order valence-corrected chi connectivity index (χ4v) is 5.57. The van der Waals surface area contributed by atoms with Gasteiger partial charge in [0.15, 0.2) is 5.69 Å². The highest BCUT2D eigenvalue weighted by Crippen LogP contribution is 2.35. The minimum absolute atomic E-state index is 0.150. The van der Waals surface area contributed by atoms with Crippen LogP contribution in [0.4, 0.5) is 9.18 Å². The smallest absolute Gasteiger partial charge is 0.410 e. The molecule has 1 aliphatic rings. The van der Waals surface area contributed by atoms with Gasteiger partial charge in [-0.15, -0.1) is 0 Å². The van der Waals surface area contributed by atoms with Crippen molar-refractivity contribution in [3.8, 4) is 5.69 Å². The van der Waals surface area contributed by atoms with Crippen molar-refractivity contribution in [2.45, 2.75) is 45.8 Å². The zero-order valence-electron chi connectivity index (χ0n) is 24.9. The standard InChI is InChI=1S/C34H33Cl2FN4O3/c1-21(23-8-6-5-7-9-23)38-32(42)30-27-16-17-40(33(43)44-34(2,3)4)20-24(18-22-10-13-26(37)14-11-22)31(27)41(39-30)29-15-12-25(35)19-28(29)36/h5-15,18-19,21H,16-17,20H2,1-4H3,(H,38,42)/b24-18+. The lowest BCUT2D eigenvalue weighted by atomic mass is 10.0. The number of nitrogens with zero attached hydrogens (tertiary/aromatic N) is 3. The number of hydrogen-bond donors (Lipinski definition) is 1. The molecule has 1 N–H and O–H groups in total. The fraction of sp³-hybridized carbons (Fsp3) is 0.265. The molecule has 0 spiro atoms. The molecular formula is C34H33Cl2FN4O3. The Bertz CT molecular complexity index is 1710. The Morgan fingerprint density at radius 2 is 1.75 bits per heavy atom. The molecule has 4 aromatic rings. The maximum absolute atomic E-state index is 13.9. The first-order chi connectivity index (χ1) is 20.9. The fourth-order valence-electron chi connectivity index (χ4n) is 5.08. The van der Waals surface area contributed by atoms with E-state index in [1.807, 2.05) is 64.1 Å². The van der Waals surface area contributed by atoms with Gasteiger partial charge in [0.2, 0.25) is 0 Å². The molecule has 0 saturated carbocycles. The summed E-state index contributed by atoms with van der Waals surface area (Å²) in [5, 5.41) is 8.67. The van der Waals surface area contributed by atoms with E-state index in [0.29, 0.717) is 44.5 Å². The Morgan fingerprint density at radius 3 is 2.41 bits per heavy atom. The summed E-state index contributed by atoms with van der Waals surface area (Å²) >= 11 is 12.9. The van der Waals surface area contributed by atoms with E-state index >= 15 is 0 Å². The highest BCUT2D eigenvalue weighted by atomic mass is 35.5. The summed E-state index contributed by atoms with van der Waals surface area (Å²) in [6, 6.07) is 20.4. The van der Waals surface area contributed by atoms with E-state index in [9.17, 15) is 14.0 Å². The lowest BCUT2D eigenvalue weighted by molar-refractivity contribution is 0.0279. The number of ether oxygens (including phenoxy) is 1. The van der Waals surface area contributed by atoms with Gasteiger partial charge in [-0.05, 0) is 87.2 Å². The Hall–Kier alpha value is -4.14. The van der Waals surface area contributed by atoms with Crippen LogP contribution in [0.25, 0.3) is 17.3 Å². The van der Waals surface area contributed by atoms with Gasteiger partial charge in [0.05, 0.1) is 29.0 Å². The van der Waals surface area contributed by atoms with Crippen LogP contribution in [0.5, 0.6) is 0 Å². The van der Waals surface area contributed by atoms with Crippen molar-refractivity contribution in [3.63, 3.8) is 0 Å². The van der Waals surface area contributed by atoms with Gasteiger partial charge >= 0.3 is 6.09 Å². The van der Waals surface area contributed by atoms with Gasteiger partial charge in [0.1, 0.15) is 11.4 Å². The van der Waals surface area contributed by atoms with Crippen LogP contribution in [-0.2, 0) is 11.2 Å². The van der Waals surface area contributed by atoms with Crippen LogP contribution in [0.1, 0.15) is 66.6 Å². The molecule has 10 heteroatoms. The van der Waals surface area contributed by atoms with Gasteiger partial charge in [-0.3, -0.25) is 4.79 Å². The molecule has 0 bridgehead atoms. The molecule has 2 heterocycles. The molecule has 1 atom stereocenters.